The molecule has 150 valence electrons. The standard InChI is InChI=1S/C24H32N2O2/c1-3-26(17-21-10-8-7-9-20(21)2)18-23(27)25-19-24(13-15-28-16-14-24)22-11-5-4-6-12-22/h4-12H,3,13-19H2,1-2H3,(H,25,27). The summed E-state index contributed by atoms with van der Waals surface area (Å²) in [5.41, 5.74) is 3.82. The van der Waals surface area contributed by atoms with Crippen LogP contribution in [0.2, 0.25) is 0 Å². The molecule has 0 spiro atoms. The van der Waals surface area contributed by atoms with Crippen LogP contribution >= 0.6 is 0 Å². The minimum atomic E-state index is -0.0256. The zero-order chi connectivity index (χ0) is 19.8. The van der Waals surface area contributed by atoms with Gasteiger partial charge in [-0.15, -0.1) is 0 Å². The Morgan fingerprint density at radius 3 is 2.43 bits per heavy atom. The minimum Gasteiger partial charge on any atom is -0.381 e. The Bertz CT molecular complexity index is 754. The Labute approximate surface area is 168 Å². The Morgan fingerprint density at radius 1 is 1.07 bits per heavy atom. The first kappa shape index (κ1) is 20.6. The molecule has 0 aliphatic carbocycles. The van der Waals surface area contributed by atoms with E-state index in [2.05, 4.69) is 72.6 Å². The van der Waals surface area contributed by atoms with E-state index in [1.807, 2.05) is 6.07 Å². The molecule has 0 unspecified atom stereocenters. The van der Waals surface area contributed by atoms with Crippen molar-refractivity contribution < 1.29 is 9.53 Å². The van der Waals surface area contributed by atoms with Gasteiger partial charge in [0, 0.05) is 31.7 Å². The van der Waals surface area contributed by atoms with Gasteiger partial charge in [0.25, 0.3) is 0 Å². The maximum absolute atomic E-state index is 12.7. The third-order valence-electron chi connectivity index (χ3n) is 5.93. The predicted octanol–water partition coefficient (Wildman–Crippen LogP) is 3.68. The molecule has 2 aromatic carbocycles. The lowest BCUT2D eigenvalue weighted by molar-refractivity contribution is -0.122. The largest absolute Gasteiger partial charge is 0.381 e. The Hall–Kier alpha value is -2.17. The smallest absolute Gasteiger partial charge is 0.234 e. The number of hydrogen-bond acceptors (Lipinski definition) is 3. The van der Waals surface area contributed by atoms with Gasteiger partial charge in [0.1, 0.15) is 0 Å². The Balaban J connectivity index is 1.60. The summed E-state index contributed by atoms with van der Waals surface area (Å²) >= 11 is 0. The molecule has 1 fully saturated rings. The number of likely N-dealkylation sites (N-methyl/N-ethyl adjacent to an activating group) is 1. The number of amides is 1. The van der Waals surface area contributed by atoms with E-state index in [0.717, 1.165) is 39.1 Å². The first-order valence-electron chi connectivity index (χ1n) is 10.3. The fourth-order valence-corrected chi connectivity index (χ4v) is 3.96. The average Bonchev–Trinajstić information content (AvgIpc) is 2.74. The van der Waals surface area contributed by atoms with Crippen LogP contribution in [0.3, 0.4) is 0 Å². The number of benzene rings is 2. The normalized spacial score (nSPS) is 16.1. The molecule has 2 aromatic rings. The molecule has 1 amide bonds. The van der Waals surface area contributed by atoms with Crippen molar-refractivity contribution in [2.45, 2.75) is 38.6 Å². The lowest BCUT2D eigenvalue weighted by Crippen LogP contribution is -2.47. The molecule has 0 aromatic heterocycles. The van der Waals surface area contributed by atoms with E-state index in [1.54, 1.807) is 0 Å². The number of ether oxygens (including phenoxy) is 1. The van der Waals surface area contributed by atoms with Gasteiger partial charge in [-0.1, -0.05) is 61.5 Å². The van der Waals surface area contributed by atoms with Crippen LogP contribution in [0.1, 0.15) is 36.5 Å². The van der Waals surface area contributed by atoms with Crippen LogP contribution in [0.15, 0.2) is 54.6 Å². The molecule has 1 aliphatic rings. The number of nitrogens with zero attached hydrogens (tertiary/aromatic N) is 1. The summed E-state index contributed by atoms with van der Waals surface area (Å²) in [5.74, 6) is 0.0947. The van der Waals surface area contributed by atoms with Crippen molar-refractivity contribution >= 4 is 5.91 Å². The van der Waals surface area contributed by atoms with E-state index in [-0.39, 0.29) is 11.3 Å². The van der Waals surface area contributed by atoms with Crippen LogP contribution in [0, 0.1) is 6.92 Å². The molecule has 0 atom stereocenters. The fourth-order valence-electron chi connectivity index (χ4n) is 3.96. The first-order valence-corrected chi connectivity index (χ1v) is 10.3. The molecule has 0 bridgehead atoms. The van der Waals surface area contributed by atoms with Crippen LogP contribution in [0.4, 0.5) is 0 Å². The van der Waals surface area contributed by atoms with Crippen molar-refractivity contribution in [3.8, 4) is 0 Å². The summed E-state index contributed by atoms with van der Waals surface area (Å²) in [7, 11) is 0. The molecule has 1 heterocycles. The Kier molecular flexibility index (Phi) is 7.24. The average molecular weight is 381 g/mol. The van der Waals surface area contributed by atoms with Crippen LogP contribution < -0.4 is 5.32 Å². The van der Waals surface area contributed by atoms with Gasteiger partial charge in [0.05, 0.1) is 6.54 Å². The molecule has 4 heteroatoms. The lowest BCUT2D eigenvalue weighted by atomic mass is 9.74. The first-order chi connectivity index (χ1) is 13.6. The third kappa shape index (κ3) is 5.21. The molecule has 28 heavy (non-hydrogen) atoms. The summed E-state index contributed by atoms with van der Waals surface area (Å²) in [4.78, 5) is 14.9. The van der Waals surface area contributed by atoms with Gasteiger partial charge in [-0.2, -0.15) is 0 Å². The zero-order valence-electron chi connectivity index (χ0n) is 17.1. The molecular formula is C24H32N2O2. The SMILES string of the molecule is CCN(CC(=O)NCC1(c2ccccc2)CCOCC1)Cc1ccccc1C. The van der Waals surface area contributed by atoms with E-state index in [9.17, 15) is 4.79 Å². The summed E-state index contributed by atoms with van der Waals surface area (Å²) in [6.07, 6.45) is 1.88. The molecule has 1 N–H and O–H groups in total. The summed E-state index contributed by atoms with van der Waals surface area (Å²) in [6, 6.07) is 18.9. The maximum atomic E-state index is 12.7. The number of carbonyl (C=O) groups excluding carboxylic acids is 1. The van der Waals surface area contributed by atoms with Crippen molar-refractivity contribution in [1.29, 1.82) is 0 Å². The monoisotopic (exact) mass is 380 g/mol. The van der Waals surface area contributed by atoms with Crippen molar-refractivity contribution in [1.82, 2.24) is 10.2 Å². The van der Waals surface area contributed by atoms with Gasteiger partial charge in [0.2, 0.25) is 5.91 Å². The van der Waals surface area contributed by atoms with Gasteiger partial charge >= 0.3 is 0 Å². The van der Waals surface area contributed by atoms with E-state index in [1.165, 1.54) is 16.7 Å². The van der Waals surface area contributed by atoms with Crippen molar-refractivity contribution in [3.63, 3.8) is 0 Å². The zero-order valence-corrected chi connectivity index (χ0v) is 17.1. The van der Waals surface area contributed by atoms with Gasteiger partial charge in [-0.25, -0.2) is 0 Å². The second-order valence-electron chi connectivity index (χ2n) is 7.77. The van der Waals surface area contributed by atoms with Crippen molar-refractivity contribution in [3.05, 3.63) is 71.3 Å². The summed E-state index contributed by atoms with van der Waals surface area (Å²) in [6.45, 7) is 8.47. The van der Waals surface area contributed by atoms with Crippen LogP contribution in [0.25, 0.3) is 0 Å². The predicted molar refractivity (Wildman–Crippen MR) is 113 cm³/mol. The van der Waals surface area contributed by atoms with Crippen LogP contribution in [0.5, 0.6) is 0 Å². The molecule has 4 nitrogen and oxygen atoms in total. The molecular weight excluding hydrogens is 348 g/mol. The molecule has 3 rings (SSSR count). The van der Waals surface area contributed by atoms with Crippen LogP contribution in [-0.2, 0) is 21.5 Å². The van der Waals surface area contributed by atoms with E-state index >= 15 is 0 Å². The van der Waals surface area contributed by atoms with Gasteiger partial charge in [-0.3, -0.25) is 9.69 Å². The van der Waals surface area contributed by atoms with Crippen molar-refractivity contribution in [2.75, 3.05) is 32.8 Å². The highest BCUT2D eigenvalue weighted by Crippen LogP contribution is 2.34. The number of hydrogen-bond donors (Lipinski definition) is 1. The lowest BCUT2D eigenvalue weighted by Gasteiger charge is -2.38. The third-order valence-corrected chi connectivity index (χ3v) is 5.93. The van der Waals surface area contributed by atoms with E-state index in [4.69, 9.17) is 4.74 Å². The molecule has 0 saturated carbocycles. The number of nitrogens with one attached hydrogen (secondary N) is 1. The number of carbonyl (C=O) groups is 1. The topological polar surface area (TPSA) is 41.6 Å². The second kappa shape index (κ2) is 9.85. The minimum absolute atomic E-state index is 0.0256. The summed E-state index contributed by atoms with van der Waals surface area (Å²) in [5, 5.41) is 3.22. The highest BCUT2D eigenvalue weighted by atomic mass is 16.5. The molecule has 1 aliphatic heterocycles. The maximum Gasteiger partial charge on any atom is 0.234 e. The highest BCUT2D eigenvalue weighted by Gasteiger charge is 2.34. The number of aryl methyl sites for hydroxylation is 1. The number of rotatable bonds is 8. The summed E-state index contributed by atoms with van der Waals surface area (Å²) < 4.78 is 5.59. The van der Waals surface area contributed by atoms with Gasteiger partial charge in [0.15, 0.2) is 0 Å². The van der Waals surface area contributed by atoms with Gasteiger partial charge < -0.3 is 10.1 Å². The molecule has 1 saturated heterocycles. The second-order valence-corrected chi connectivity index (χ2v) is 7.77. The van der Waals surface area contributed by atoms with Crippen molar-refractivity contribution in [2.24, 2.45) is 0 Å². The van der Waals surface area contributed by atoms with Gasteiger partial charge in [-0.05, 0) is 43.0 Å². The van der Waals surface area contributed by atoms with E-state index < -0.39 is 0 Å². The quantitative estimate of drug-likeness (QED) is 0.760. The van der Waals surface area contributed by atoms with Crippen LogP contribution in [-0.4, -0.2) is 43.7 Å². The molecule has 0 radical (unpaired) electrons. The highest BCUT2D eigenvalue weighted by molar-refractivity contribution is 5.78. The van der Waals surface area contributed by atoms with E-state index in [0.29, 0.717) is 13.1 Å². The Morgan fingerprint density at radius 2 is 1.75 bits per heavy atom. The fraction of sp³-hybridized carbons (Fsp3) is 0.458.